The van der Waals surface area contributed by atoms with Crippen molar-refractivity contribution >= 4 is 39.5 Å². The maximum Gasteiger partial charge on any atom is 0.192 e. The third-order valence-electron chi connectivity index (χ3n) is 5.65. The number of ketones is 1. The molecule has 0 rings (SSSR count). The average Bonchev–Trinajstić information content (AvgIpc) is 2.48. The van der Waals surface area contributed by atoms with Crippen LogP contribution in [0.2, 0.25) is 36.3 Å². The van der Waals surface area contributed by atoms with E-state index in [4.69, 9.17) is 8.85 Å². The summed E-state index contributed by atoms with van der Waals surface area (Å²) in [4.78, 5) is 10.7. The minimum Gasteiger partial charge on any atom is -0.591 e. The first kappa shape index (κ1) is 32.2. The Labute approximate surface area is 192 Å². The third kappa shape index (κ3) is 12.8. The highest BCUT2D eigenvalue weighted by molar-refractivity contribution is 7.91. The van der Waals surface area contributed by atoms with Crippen LogP contribution in [-0.4, -0.2) is 50.6 Å². The van der Waals surface area contributed by atoms with Gasteiger partial charge in [-0.05, 0) is 70.9 Å². The Balaban J connectivity index is 0. The minimum atomic E-state index is -1.74. The van der Waals surface area contributed by atoms with E-state index in [9.17, 15) is 9.35 Å². The molecule has 0 aliphatic heterocycles. The Hall–Kier alpha value is 0.00377. The molecule has 0 saturated heterocycles. The van der Waals surface area contributed by atoms with Crippen LogP contribution in [0.4, 0.5) is 0 Å². The maximum atomic E-state index is 11.9. The van der Waals surface area contributed by atoms with Gasteiger partial charge in [0, 0.05) is 0 Å². The summed E-state index contributed by atoms with van der Waals surface area (Å²) in [6.07, 6.45) is 0. The molecule has 0 aromatic heterocycles. The fourth-order valence-electron chi connectivity index (χ4n) is 1.30. The molecule has 0 radical (unpaired) electrons. The molecular formula is C22H49NO4SSi2. The summed E-state index contributed by atoms with van der Waals surface area (Å²) < 4.78 is 27.5. The summed E-state index contributed by atoms with van der Waals surface area (Å²) in [5, 5.41) is 0.388. The zero-order valence-corrected chi connectivity index (χ0v) is 25.2. The SMILES string of the molecule is CC(=O)CO[Si](C)(C)C(C)(C)C.CC(CO[Si](C)(C)C(C)(C)C)=N[S+]([O-])C(C)(C)C. The van der Waals surface area contributed by atoms with Gasteiger partial charge in [-0.3, -0.25) is 4.79 Å². The molecule has 0 fully saturated rings. The van der Waals surface area contributed by atoms with E-state index in [0.29, 0.717) is 6.61 Å². The van der Waals surface area contributed by atoms with Gasteiger partial charge >= 0.3 is 0 Å². The molecule has 0 aliphatic rings. The van der Waals surface area contributed by atoms with Crippen molar-refractivity contribution in [1.82, 2.24) is 0 Å². The van der Waals surface area contributed by atoms with Gasteiger partial charge < -0.3 is 13.4 Å². The highest BCUT2D eigenvalue weighted by atomic mass is 32.2. The van der Waals surface area contributed by atoms with Crippen molar-refractivity contribution in [2.45, 2.75) is 117 Å². The van der Waals surface area contributed by atoms with Crippen molar-refractivity contribution in [2.24, 2.45) is 4.40 Å². The van der Waals surface area contributed by atoms with Gasteiger partial charge in [0.2, 0.25) is 0 Å². The number of Topliss-reactive ketones (excluding diaryl/α,β-unsaturated/α-hetero) is 1. The molecule has 0 spiro atoms. The van der Waals surface area contributed by atoms with E-state index in [0.717, 1.165) is 5.71 Å². The normalized spacial score (nSPS) is 15.4. The molecule has 1 unspecified atom stereocenters. The lowest BCUT2D eigenvalue weighted by molar-refractivity contribution is -0.119. The fraction of sp³-hybridized carbons (Fsp3) is 0.909. The lowest BCUT2D eigenvalue weighted by Crippen LogP contribution is -2.42. The van der Waals surface area contributed by atoms with Crippen molar-refractivity contribution in [3.8, 4) is 0 Å². The highest BCUT2D eigenvalue weighted by Crippen LogP contribution is 2.37. The van der Waals surface area contributed by atoms with Crippen LogP contribution in [0, 0.1) is 0 Å². The first-order chi connectivity index (χ1) is 12.9. The number of nitrogens with zero attached hydrogens (tertiary/aromatic N) is 1. The summed E-state index contributed by atoms with van der Waals surface area (Å²) in [6.45, 7) is 31.8. The average molecular weight is 480 g/mol. The molecule has 1 atom stereocenters. The number of carbonyl (C=O) groups is 1. The van der Waals surface area contributed by atoms with Crippen molar-refractivity contribution in [1.29, 1.82) is 0 Å². The van der Waals surface area contributed by atoms with E-state index in [-0.39, 0.29) is 27.2 Å². The highest BCUT2D eigenvalue weighted by Gasteiger charge is 2.38. The van der Waals surface area contributed by atoms with Crippen molar-refractivity contribution in [3.63, 3.8) is 0 Å². The molecule has 0 saturated carbocycles. The van der Waals surface area contributed by atoms with E-state index in [1.165, 1.54) is 0 Å². The molecule has 0 heterocycles. The minimum absolute atomic E-state index is 0.111. The lowest BCUT2D eigenvalue weighted by Gasteiger charge is -2.36. The second-order valence-electron chi connectivity index (χ2n) is 12.0. The van der Waals surface area contributed by atoms with E-state index in [2.05, 4.69) is 72.1 Å². The first-order valence-electron chi connectivity index (χ1n) is 10.7. The van der Waals surface area contributed by atoms with E-state index in [1.807, 2.05) is 27.7 Å². The van der Waals surface area contributed by atoms with Crippen molar-refractivity contribution in [3.05, 3.63) is 0 Å². The van der Waals surface area contributed by atoms with Gasteiger partial charge in [0.1, 0.15) is 16.1 Å². The summed E-state index contributed by atoms with van der Waals surface area (Å²) in [5.74, 6) is 0.111. The Morgan fingerprint density at radius 1 is 0.800 bits per heavy atom. The quantitative estimate of drug-likeness (QED) is 0.236. The second kappa shape index (κ2) is 11.7. The Morgan fingerprint density at radius 2 is 1.13 bits per heavy atom. The van der Waals surface area contributed by atoms with Crippen LogP contribution in [-0.2, 0) is 25.0 Å². The van der Waals surface area contributed by atoms with Gasteiger partial charge in [0.15, 0.2) is 22.4 Å². The van der Waals surface area contributed by atoms with Crippen LogP contribution in [0.3, 0.4) is 0 Å². The van der Waals surface area contributed by atoms with E-state index < -0.39 is 28.0 Å². The molecule has 0 aromatic rings. The van der Waals surface area contributed by atoms with E-state index in [1.54, 1.807) is 6.92 Å². The summed E-state index contributed by atoms with van der Waals surface area (Å²) in [6, 6.07) is 0. The second-order valence-corrected chi connectivity index (χ2v) is 23.5. The zero-order chi connectivity index (χ0) is 24.8. The molecule has 180 valence electrons. The molecule has 0 bridgehead atoms. The molecule has 0 aromatic carbocycles. The monoisotopic (exact) mass is 479 g/mol. The number of hydrogen-bond donors (Lipinski definition) is 0. The summed E-state index contributed by atoms with van der Waals surface area (Å²) in [5.41, 5.74) is 0.813. The molecule has 5 nitrogen and oxygen atoms in total. The Morgan fingerprint density at radius 3 is 1.40 bits per heavy atom. The fourth-order valence-corrected chi connectivity index (χ4v) is 3.91. The largest absolute Gasteiger partial charge is 0.591 e. The van der Waals surface area contributed by atoms with Crippen molar-refractivity contribution < 1.29 is 18.2 Å². The predicted octanol–water partition coefficient (Wildman–Crippen LogP) is 6.53. The van der Waals surface area contributed by atoms with Gasteiger partial charge in [-0.2, -0.15) is 0 Å². The lowest BCUT2D eigenvalue weighted by atomic mass is 10.2. The molecule has 0 N–H and O–H groups in total. The van der Waals surface area contributed by atoms with Crippen LogP contribution in [0.15, 0.2) is 4.40 Å². The van der Waals surface area contributed by atoms with Gasteiger partial charge in [-0.15, -0.1) is 0 Å². The number of hydrogen-bond acceptors (Lipinski definition) is 5. The van der Waals surface area contributed by atoms with Crippen molar-refractivity contribution in [2.75, 3.05) is 13.2 Å². The number of rotatable bonds is 7. The number of carbonyl (C=O) groups excluding carboxylic acids is 1. The van der Waals surface area contributed by atoms with Gasteiger partial charge in [0.25, 0.3) is 0 Å². The van der Waals surface area contributed by atoms with Crippen LogP contribution < -0.4 is 0 Å². The smallest absolute Gasteiger partial charge is 0.192 e. The zero-order valence-electron chi connectivity index (χ0n) is 22.4. The van der Waals surface area contributed by atoms with Gasteiger partial charge in [0.05, 0.1) is 18.9 Å². The predicted molar refractivity (Wildman–Crippen MR) is 138 cm³/mol. The van der Waals surface area contributed by atoms with Crippen LogP contribution in [0.1, 0.15) is 76.2 Å². The molecule has 0 aliphatic carbocycles. The standard InChI is InChI=1S/C13H29NO2SSi.C9H20O2Si/c1-11(14-17(15)12(2,3)4)10-16-18(8,9)13(5,6)7;1-8(10)7-11-12(5,6)9(2,3)4/h10H2,1-9H3;7H2,1-6H3. The molecular weight excluding hydrogens is 430 g/mol. The van der Waals surface area contributed by atoms with Crippen LogP contribution >= 0.6 is 0 Å². The maximum absolute atomic E-state index is 11.9. The molecule has 8 heteroatoms. The summed E-state index contributed by atoms with van der Waals surface area (Å²) >= 11 is -1.19. The Bertz CT molecular complexity index is 571. The molecule has 0 amide bonds. The third-order valence-corrected chi connectivity index (χ3v) is 16.1. The van der Waals surface area contributed by atoms with Gasteiger partial charge in [-0.1, -0.05) is 45.9 Å². The first-order valence-corrected chi connectivity index (χ1v) is 17.6. The summed E-state index contributed by atoms with van der Waals surface area (Å²) in [7, 11) is -3.43. The molecule has 30 heavy (non-hydrogen) atoms. The van der Waals surface area contributed by atoms with E-state index >= 15 is 0 Å². The topological polar surface area (TPSA) is 71.0 Å². The van der Waals surface area contributed by atoms with Crippen LogP contribution in [0.25, 0.3) is 0 Å². The Kier molecular flexibility index (Phi) is 12.6. The van der Waals surface area contributed by atoms with Crippen LogP contribution in [0.5, 0.6) is 0 Å². The van der Waals surface area contributed by atoms with Gasteiger partial charge in [-0.25, -0.2) is 0 Å².